The Morgan fingerprint density at radius 1 is 1.30 bits per heavy atom. The van der Waals surface area contributed by atoms with Gasteiger partial charge >= 0.3 is 0 Å². The second kappa shape index (κ2) is 5.89. The highest BCUT2D eigenvalue weighted by Crippen LogP contribution is 2.18. The summed E-state index contributed by atoms with van der Waals surface area (Å²) in [4.78, 5) is 19.1. The standard InChI is InChI=1S/C15H24N4O/c1-11-9-12(2)17-13(10-11)18-14(20)15(3,4)19-7-5-16-6-8-19/h9-10,16H,5-8H2,1-4H3,(H,17,18,20). The normalized spacial score (nSPS) is 17.0. The number of aryl methyl sites for hydroxylation is 2. The van der Waals surface area contributed by atoms with E-state index in [0.29, 0.717) is 5.82 Å². The van der Waals surface area contributed by atoms with Crippen molar-refractivity contribution in [3.63, 3.8) is 0 Å². The minimum atomic E-state index is -0.526. The second-order valence-electron chi connectivity index (χ2n) is 5.92. The van der Waals surface area contributed by atoms with Gasteiger partial charge in [-0.2, -0.15) is 0 Å². The molecule has 0 aromatic carbocycles. The van der Waals surface area contributed by atoms with Crippen LogP contribution >= 0.6 is 0 Å². The molecule has 110 valence electrons. The molecule has 0 saturated carbocycles. The summed E-state index contributed by atoms with van der Waals surface area (Å²) in [5.74, 6) is 0.632. The van der Waals surface area contributed by atoms with E-state index in [1.807, 2.05) is 39.8 Å². The first-order valence-corrected chi connectivity index (χ1v) is 7.12. The van der Waals surface area contributed by atoms with Crippen molar-refractivity contribution in [1.29, 1.82) is 0 Å². The molecule has 0 bridgehead atoms. The predicted octanol–water partition coefficient (Wildman–Crippen LogP) is 1.32. The predicted molar refractivity (Wildman–Crippen MR) is 80.9 cm³/mol. The zero-order valence-electron chi connectivity index (χ0n) is 12.8. The zero-order chi connectivity index (χ0) is 14.8. The van der Waals surface area contributed by atoms with E-state index in [-0.39, 0.29) is 5.91 Å². The molecule has 1 aromatic heterocycles. The third-order valence-electron chi connectivity index (χ3n) is 3.80. The molecule has 1 saturated heterocycles. The van der Waals surface area contributed by atoms with Gasteiger partial charge in [-0.1, -0.05) is 0 Å². The van der Waals surface area contributed by atoms with Crippen LogP contribution in [-0.4, -0.2) is 47.5 Å². The summed E-state index contributed by atoms with van der Waals surface area (Å²) in [7, 11) is 0. The fourth-order valence-electron chi connectivity index (χ4n) is 2.54. The number of amides is 1. The van der Waals surface area contributed by atoms with Crippen molar-refractivity contribution in [1.82, 2.24) is 15.2 Å². The van der Waals surface area contributed by atoms with Crippen molar-refractivity contribution in [2.24, 2.45) is 0 Å². The Morgan fingerprint density at radius 3 is 2.55 bits per heavy atom. The first kappa shape index (κ1) is 14.9. The average Bonchev–Trinajstić information content (AvgIpc) is 2.38. The van der Waals surface area contributed by atoms with Gasteiger partial charge in [0.25, 0.3) is 0 Å². The molecule has 0 atom stereocenters. The molecule has 0 unspecified atom stereocenters. The van der Waals surface area contributed by atoms with Gasteiger partial charge in [-0.3, -0.25) is 9.69 Å². The summed E-state index contributed by atoms with van der Waals surface area (Å²) in [6, 6.07) is 3.90. The van der Waals surface area contributed by atoms with Gasteiger partial charge in [0.05, 0.1) is 5.54 Å². The highest BCUT2D eigenvalue weighted by atomic mass is 16.2. The Kier molecular flexibility index (Phi) is 4.40. The van der Waals surface area contributed by atoms with Crippen LogP contribution in [0.2, 0.25) is 0 Å². The van der Waals surface area contributed by atoms with E-state index < -0.39 is 5.54 Å². The van der Waals surface area contributed by atoms with Crippen LogP contribution < -0.4 is 10.6 Å². The van der Waals surface area contributed by atoms with Gasteiger partial charge in [-0.15, -0.1) is 0 Å². The molecular formula is C15H24N4O. The summed E-state index contributed by atoms with van der Waals surface area (Å²) in [5.41, 5.74) is 1.49. The van der Waals surface area contributed by atoms with Crippen molar-refractivity contribution in [3.05, 3.63) is 23.4 Å². The first-order chi connectivity index (χ1) is 9.39. The monoisotopic (exact) mass is 276 g/mol. The van der Waals surface area contributed by atoms with Crippen molar-refractivity contribution in [2.75, 3.05) is 31.5 Å². The summed E-state index contributed by atoms with van der Waals surface area (Å²) in [6.45, 7) is 11.5. The van der Waals surface area contributed by atoms with Gasteiger partial charge < -0.3 is 10.6 Å². The maximum absolute atomic E-state index is 12.5. The van der Waals surface area contributed by atoms with Crippen molar-refractivity contribution in [3.8, 4) is 0 Å². The van der Waals surface area contributed by atoms with Crippen LogP contribution in [0, 0.1) is 13.8 Å². The van der Waals surface area contributed by atoms with Gasteiger partial charge in [0, 0.05) is 31.9 Å². The molecule has 5 nitrogen and oxygen atoms in total. The van der Waals surface area contributed by atoms with Gasteiger partial charge in [-0.05, 0) is 45.4 Å². The lowest BCUT2D eigenvalue weighted by molar-refractivity contribution is -0.126. The number of rotatable bonds is 3. The lowest BCUT2D eigenvalue weighted by Gasteiger charge is -2.39. The van der Waals surface area contributed by atoms with Crippen LogP contribution in [-0.2, 0) is 4.79 Å². The van der Waals surface area contributed by atoms with Gasteiger partial charge in [-0.25, -0.2) is 4.98 Å². The summed E-state index contributed by atoms with van der Waals surface area (Å²) in [6.07, 6.45) is 0. The number of hydrogen-bond acceptors (Lipinski definition) is 4. The number of aromatic nitrogens is 1. The lowest BCUT2D eigenvalue weighted by atomic mass is 10.0. The summed E-state index contributed by atoms with van der Waals surface area (Å²) < 4.78 is 0. The van der Waals surface area contributed by atoms with E-state index >= 15 is 0 Å². The zero-order valence-corrected chi connectivity index (χ0v) is 12.8. The number of nitrogens with zero attached hydrogens (tertiary/aromatic N) is 2. The minimum absolute atomic E-state index is 0.00287. The Labute approximate surface area is 120 Å². The SMILES string of the molecule is Cc1cc(C)nc(NC(=O)C(C)(C)N2CCNCC2)c1. The third-order valence-corrected chi connectivity index (χ3v) is 3.80. The Hall–Kier alpha value is -1.46. The van der Waals surface area contributed by atoms with Crippen molar-refractivity contribution in [2.45, 2.75) is 33.2 Å². The van der Waals surface area contributed by atoms with Crippen molar-refractivity contribution >= 4 is 11.7 Å². The number of carbonyl (C=O) groups is 1. The average molecular weight is 276 g/mol. The summed E-state index contributed by atoms with van der Waals surface area (Å²) >= 11 is 0. The minimum Gasteiger partial charge on any atom is -0.314 e. The number of carbonyl (C=O) groups excluding carboxylic acids is 1. The van der Waals surface area contributed by atoms with E-state index in [9.17, 15) is 4.79 Å². The molecule has 20 heavy (non-hydrogen) atoms. The first-order valence-electron chi connectivity index (χ1n) is 7.12. The van der Waals surface area contributed by atoms with Crippen LogP contribution in [0.4, 0.5) is 5.82 Å². The molecule has 1 aliphatic heterocycles. The van der Waals surface area contributed by atoms with Crippen LogP contribution in [0.15, 0.2) is 12.1 Å². The van der Waals surface area contributed by atoms with Crippen LogP contribution in [0.1, 0.15) is 25.1 Å². The van der Waals surface area contributed by atoms with Gasteiger partial charge in [0.15, 0.2) is 0 Å². The Bertz CT molecular complexity index is 472. The molecule has 2 N–H and O–H groups in total. The highest BCUT2D eigenvalue weighted by Gasteiger charge is 2.35. The van der Waals surface area contributed by atoms with Gasteiger partial charge in [0.1, 0.15) is 5.82 Å². The topological polar surface area (TPSA) is 57.3 Å². The smallest absolute Gasteiger partial charge is 0.245 e. The molecule has 1 amide bonds. The van der Waals surface area contributed by atoms with Crippen LogP contribution in [0.25, 0.3) is 0 Å². The quantitative estimate of drug-likeness (QED) is 0.874. The number of piperazine rings is 1. The number of nitrogens with one attached hydrogen (secondary N) is 2. The molecule has 1 fully saturated rings. The van der Waals surface area contributed by atoms with E-state index in [1.54, 1.807) is 0 Å². The molecule has 0 spiro atoms. The molecule has 0 radical (unpaired) electrons. The van der Waals surface area contributed by atoms with E-state index in [4.69, 9.17) is 0 Å². The van der Waals surface area contributed by atoms with Crippen LogP contribution in [0.3, 0.4) is 0 Å². The number of pyridine rings is 1. The van der Waals surface area contributed by atoms with E-state index in [0.717, 1.165) is 37.4 Å². The molecule has 1 aromatic rings. The Balaban J connectivity index is 2.09. The lowest BCUT2D eigenvalue weighted by Crippen LogP contribution is -2.58. The molecule has 2 rings (SSSR count). The maximum atomic E-state index is 12.5. The number of hydrogen-bond donors (Lipinski definition) is 2. The van der Waals surface area contributed by atoms with E-state index in [1.165, 1.54) is 0 Å². The van der Waals surface area contributed by atoms with Crippen molar-refractivity contribution < 1.29 is 4.79 Å². The second-order valence-corrected chi connectivity index (χ2v) is 5.92. The Morgan fingerprint density at radius 2 is 1.95 bits per heavy atom. The number of anilines is 1. The largest absolute Gasteiger partial charge is 0.314 e. The maximum Gasteiger partial charge on any atom is 0.245 e. The molecule has 5 heteroatoms. The molecular weight excluding hydrogens is 252 g/mol. The fraction of sp³-hybridized carbons (Fsp3) is 0.600. The third kappa shape index (κ3) is 3.35. The van der Waals surface area contributed by atoms with Crippen LogP contribution in [0.5, 0.6) is 0 Å². The molecule has 0 aliphatic carbocycles. The summed E-state index contributed by atoms with van der Waals surface area (Å²) in [5, 5.41) is 6.25. The van der Waals surface area contributed by atoms with E-state index in [2.05, 4.69) is 20.5 Å². The van der Waals surface area contributed by atoms with Gasteiger partial charge in [0.2, 0.25) is 5.91 Å². The molecule has 1 aliphatic rings. The molecule has 2 heterocycles. The highest BCUT2D eigenvalue weighted by molar-refractivity contribution is 5.96. The fourth-order valence-corrected chi connectivity index (χ4v) is 2.54.